The van der Waals surface area contributed by atoms with Gasteiger partial charge in [0.05, 0.1) is 11.7 Å². The molecule has 0 spiro atoms. The van der Waals surface area contributed by atoms with Crippen molar-refractivity contribution in [3.63, 3.8) is 0 Å². The SMILES string of the molecule is C[C@]12CC[C@H](O)C[C@H]1CC[C@@H]1[C@@H]2CC[C@]2(C)[C@H](C3=CC(=O)OC3)CC[C@]12O. The summed E-state index contributed by atoms with van der Waals surface area (Å²) >= 11 is 0. The molecule has 2 N–H and O–H groups in total. The highest BCUT2D eigenvalue weighted by molar-refractivity contribution is 5.85. The average molecular weight is 375 g/mol. The molecule has 4 nitrogen and oxygen atoms in total. The zero-order valence-corrected chi connectivity index (χ0v) is 16.7. The van der Waals surface area contributed by atoms with Gasteiger partial charge < -0.3 is 14.9 Å². The lowest BCUT2D eigenvalue weighted by Gasteiger charge is -2.63. The summed E-state index contributed by atoms with van der Waals surface area (Å²) in [5.41, 5.74) is 0.600. The predicted octanol–water partition coefficient (Wildman–Crippen LogP) is 3.60. The summed E-state index contributed by atoms with van der Waals surface area (Å²) in [5, 5.41) is 22.3. The molecule has 27 heavy (non-hydrogen) atoms. The molecular formula is C23H34O4. The molecule has 0 aromatic carbocycles. The first-order valence-electron chi connectivity index (χ1n) is 11.1. The van der Waals surface area contributed by atoms with Crippen LogP contribution in [0.1, 0.15) is 71.6 Å². The van der Waals surface area contributed by atoms with Crippen molar-refractivity contribution in [1.82, 2.24) is 0 Å². The Morgan fingerprint density at radius 1 is 1.04 bits per heavy atom. The molecular weight excluding hydrogens is 340 g/mol. The van der Waals surface area contributed by atoms with E-state index in [0.717, 1.165) is 56.9 Å². The summed E-state index contributed by atoms with van der Waals surface area (Å²) in [6.07, 6.45) is 10.8. The largest absolute Gasteiger partial charge is 0.458 e. The summed E-state index contributed by atoms with van der Waals surface area (Å²) in [4.78, 5) is 11.6. The third kappa shape index (κ3) is 2.32. The summed E-state index contributed by atoms with van der Waals surface area (Å²) < 4.78 is 5.20. The van der Waals surface area contributed by atoms with Crippen LogP contribution >= 0.6 is 0 Å². The second-order valence-corrected chi connectivity index (χ2v) is 10.7. The van der Waals surface area contributed by atoms with Crippen molar-refractivity contribution in [2.24, 2.45) is 34.5 Å². The van der Waals surface area contributed by atoms with E-state index in [1.807, 2.05) is 0 Å². The number of fused-ring (bicyclic) bond motifs is 5. The molecule has 4 fully saturated rings. The number of aliphatic hydroxyl groups is 2. The number of carbonyl (C=O) groups is 1. The van der Waals surface area contributed by atoms with Crippen LogP contribution in [0.4, 0.5) is 0 Å². The van der Waals surface area contributed by atoms with Crippen molar-refractivity contribution in [2.75, 3.05) is 6.61 Å². The second kappa shape index (κ2) is 5.82. The summed E-state index contributed by atoms with van der Waals surface area (Å²) in [6, 6.07) is 0. The van der Waals surface area contributed by atoms with Gasteiger partial charge in [0.2, 0.25) is 0 Å². The van der Waals surface area contributed by atoms with E-state index in [0.29, 0.717) is 24.4 Å². The van der Waals surface area contributed by atoms with Gasteiger partial charge in [-0.05, 0) is 92.4 Å². The van der Waals surface area contributed by atoms with Crippen molar-refractivity contribution < 1.29 is 19.7 Å². The smallest absolute Gasteiger partial charge is 0.331 e. The molecule has 0 aromatic rings. The molecule has 0 bridgehead atoms. The Morgan fingerprint density at radius 2 is 1.85 bits per heavy atom. The molecule has 0 aromatic heterocycles. The van der Waals surface area contributed by atoms with Crippen LogP contribution in [-0.2, 0) is 9.53 Å². The highest BCUT2D eigenvalue weighted by atomic mass is 16.5. The van der Waals surface area contributed by atoms with E-state index < -0.39 is 5.60 Å². The van der Waals surface area contributed by atoms with Crippen LogP contribution in [0.15, 0.2) is 11.6 Å². The molecule has 150 valence electrons. The lowest BCUT2D eigenvalue weighted by atomic mass is 9.43. The molecule has 5 aliphatic rings. The van der Waals surface area contributed by atoms with E-state index in [2.05, 4.69) is 13.8 Å². The monoisotopic (exact) mass is 374 g/mol. The lowest BCUT2D eigenvalue weighted by molar-refractivity contribution is -0.208. The van der Waals surface area contributed by atoms with Crippen molar-refractivity contribution in [3.05, 3.63) is 11.6 Å². The first-order valence-corrected chi connectivity index (χ1v) is 11.1. The molecule has 8 atom stereocenters. The first kappa shape index (κ1) is 18.2. The average Bonchev–Trinajstić information content (AvgIpc) is 3.16. The summed E-state index contributed by atoms with van der Waals surface area (Å²) in [7, 11) is 0. The molecule has 0 unspecified atom stereocenters. The minimum Gasteiger partial charge on any atom is -0.458 e. The quantitative estimate of drug-likeness (QED) is 0.688. The molecule has 0 radical (unpaired) electrons. The van der Waals surface area contributed by atoms with E-state index in [-0.39, 0.29) is 28.8 Å². The molecule has 0 amide bonds. The Bertz CT molecular complexity index is 686. The van der Waals surface area contributed by atoms with Gasteiger partial charge in [-0.15, -0.1) is 0 Å². The Morgan fingerprint density at radius 3 is 2.59 bits per heavy atom. The van der Waals surface area contributed by atoms with Gasteiger partial charge in [0.15, 0.2) is 0 Å². The van der Waals surface area contributed by atoms with Crippen LogP contribution in [0.3, 0.4) is 0 Å². The fourth-order valence-corrected chi connectivity index (χ4v) is 8.39. The van der Waals surface area contributed by atoms with Crippen molar-refractivity contribution >= 4 is 5.97 Å². The van der Waals surface area contributed by atoms with Gasteiger partial charge in [-0.2, -0.15) is 0 Å². The highest BCUT2D eigenvalue weighted by Gasteiger charge is 2.67. The number of cyclic esters (lactones) is 1. The second-order valence-electron chi connectivity index (χ2n) is 10.7. The third-order valence-corrected chi connectivity index (χ3v) is 9.96. The van der Waals surface area contributed by atoms with Gasteiger partial charge in [0.1, 0.15) is 6.61 Å². The predicted molar refractivity (Wildman–Crippen MR) is 102 cm³/mol. The number of carbonyl (C=O) groups excluding carboxylic acids is 1. The number of hydrogen-bond donors (Lipinski definition) is 2. The van der Waals surface area contributed by atoms with Gasteiger partial charge in [0.25, 0.3) is 0 Å². The molecule has 4 saturated carbocycles. The van der Waals surface area contributed by atoms with Gasteiger partial charge in [-0.3, -0.25) is 0 Å². The number of ether oxygens (including phenoxy) is 1. The van der Waals surface area contributed by atoms with Crippen molar-refractivity contribution in [2.45, 2.75) is 83.3 Å². The van der Waals surface area contributed by atoms with Crippen LogP contribution in [0.5, 0.6) is 0 Å². The van der Waals surface area contributed by atoms with Gasteiger partial charge in [-0.1, -0.05) is 13.8 Å². The minimum atomic E-state index is -0.628. The normalized spacial score (nSPS) is 54.6. The zero-order chi connectivity index (χ0) is 19.0. The fourth-order valence-electron chi connectivity index (χ4n) is 8.39. The zero-order valence-electron chi connectivity index (χ0n) is 16.7. The van der Waals surface area contributed by atoms with Crippen LogP contribution in [-0.4, -0.2) is 34.5 Å². The number of aliphatic hydroxyl groups excluding tert-OH is 1. The Kier molecular flexibility index (Phi) is 3.92. The van der Waals surface area contributed by atoms with Crippen LogP contribution in [0, 0.1) is 34.5 Å². The van der Waals surface area contributed by atoms with Gasteiger partial charge >= 0.3 is 5.97 Å². The fraction of sp³-hybridized carbons (Fsp3) is 0.870. The molecule has 1 heterocycles. The topological polar surface area (TPSA) is 66.8 Å². The molecule has 1 aliphatic heterocycles. The van der Waals surface area contributed by atoms with Gasteiger partial charge in [0, 0.05) is 11.5 Å². The van der Waals surface area contributed by atoms with Crippen LogP contribution in [0.25, 0.3) is 0 Å². The molecule has 5 rings (SSSR count). The van der Waals surface area contributed by atoms with Crippen molar-refractivity contribution in [1.29, 1.82) is 0 Å². The van der Waals surface area contributed by atoms with Crippen LogP contribution in [0.2, 0.25) is 0 Å². The maximum absolute atomic E-state index is 12.1. The number of rotatable bonds is 1. The van der Waals surface area contributed by atoms with E-state index in [4.69, 9.17) is 4.74 Å². The number of hydrogen-bond acceptors (Lipinski definition) is 4. The van der Waals surface area contributed by atoms with E-state index in [1.165, 1.54) is 6.42 Å². The first-order chi connectivity index (χ1) is 12.8. The standard InChI is InChI=1S/C23H34O4/c1-21-8-5-16(24)12-15(21)3-4-19-18(21)6-9-22(2)17(7-10-23(19,22)26)14-11-20(25)27-13-14/h11,15-19,24,26H,3-10,12-13H2,1-2H3/t15-,16+,17+,18+,19-,21+,22-,23+/m1/s1. The van der Waals surface area contributed by atoms with E-state index >= 15 is 0 Å². The Balaban J connectivity index is 1.47. The summed E-state index contributed by atoms with van der Waals surface area (Å²) in [6.45, 7) is 5.15. The maximum atomic E-state index is 12.1. The molecule has 0 saturated heterocycles. The molecule has 4 aliphatic carbocycles. The van der Waals surface area contributed by atoms with E-state index in [9.17, 15) is 15.0 Å². The lowest BCUT2D eigenvalue weighted by Crippen LogP contribution is -2.62. The third-order valence-electron chi connectivity index (χ3n) is 9.96. The summed E-state index contributed by atoms with van der Waals surface area (Å²) in [5.74, 6) is 1.59. The maximum Gasteiger partial charge on any atom is 0.331 e. The van der Waals surface area contributed by atoms with E-state index in [1.54, 1.807) is 6.08 Å². The number of esters is 1. The Labute approximate surface area is 162 Å². The van der Waals surface area contributed by atoms with Crippen LogP contribution < -0.4 is 0 Å². The van der Waals surface area contributed by atoms with Crippen molar-refractivity contribution in [3.8, 4) is 0 Å². The Hall–Kier alpha value is -0.870. The highest BCUT2D eigenvalue weighted by Crippen LogP contribution is 2.69. The minimum absolute atomic E-state index is 0.126. The van der Waals surface area contributed by atoms with Gasteiger partial charge in [-0.25, -0.2) is 4.79 Å². The molecule has 4 heteroatoms.